The van der Waals surface area contributed by atoms with E-state index in [9.17, 15) is 0 Å². The first kappa shape index (κ1) is 17.5. The molecule has 0 aliphatic carbocycles. The zero-order chi connectivity index (χ0) is 15.7. The maximum atomic E-state index is 6.79. The Hall–Kier alpha value is 0.170. The summed E-state index contributed by atoms with van der Waals surface area (Å²) >= 11 is 15.6. The van der Waals surface area contributed by atoms with E-state index in [1.807, 2.05) is 0 Å². The summed E-state index contributed by atoms with van der Waals surface area (Å²) in [6.45, 7) is 8.91. The van der Waals surface area contributed by atoms with Crippen molar-refractivity contribution in [2.24, 2.45) is 0 Å². The molecule has 1 unspecified atom stereocenters. The molecular weight excluding hydrogens is 432 g/mol. The SMILES string of the molecule is CC(C)c1ccc(C(Cl)c2cc(Br)sc2Br)c(C(C)C)c1. The highest BCUT2D eigenvalue weighted by atomic mass is 79.9. The van der Waals surface area contributed by atoms with Crippen LogP contribution in [0.4, 0.5) is 0 Å². The molecule has 0 aliphatic rings. The van der Waals surface area contributed by atoms with Crippen molar-refractivity contribution in [3.8, 4) is 0 Å². The fraction of sp³-hybridized carbons (Fsp3) is 0.412. The number of hydrogen-bond acceptors (Lipinski definition) is 1. The lowest BCUT2D eigenvalue weighted by molar-refractivity contribution is 0.818. The number of alkyl halides is 1. The van der Waals surface area contributed by atoms with Crippen LogP contribution in [0, 0.1) is 0 Å². The second kappa shape index (κ2) is 7.16. The van der Waals surface area contributed by atoms with Crippen molar-refractivity contribution in [1.82, 2.24) is 0 Å². The molecule has 0 saturated heterocycles. The van der Waals surface area contributed by atoms with Crippen LogP contribution in [-0.4, -0.2) is 0 Å². The van der Waals surface area contributed by atoms with Gasteiger partial charge in [-0.05, 0) is 66.5 Å². The molecule has 4 heteroatoms. The Kier molecular flexibility index (Phi) is 5.98. The summed E-state index contributed by atoms with van der Waals surface area (Å²) in [5, 5.41) is -0.125. The third kappa shape index (κ3) is 3.93. The molecule has 0 aliphatic heterocycles. The molecule has 0 saturated carbocycles. The Labute approximate surface area is 153 Å². The maximum Gasteiger partial charge on any atom is 0.0857 e. The second-order valence-electron chi connectivity index (χ2n) is 5.84. The third-order valence-electron chi connectivity index (χ3n) is 3.63. The minimum Gasteiger partial charge on any atom is -0.121 e. The van der Waals surface area contributed by atoms with Gasteiger partial charge in [0.2, 0.25) is 0 Å². The molecule has 1 aromatic carbocycles. The summed E-state index contributed by atoms with van der Waals surface area (Å²) in [4.78, 5) is 0. The van der Waals surface area contributed by atoms with Gasteiger partial charge in [0.1, 0.15) is 0 Å². The molecule has 1 heterocycles. The van der Waals surface area contributed by atoms with Gasteiger partial charge >= 0.3 is 0 Å². The minimum atomic E-state index is -0.125. The van der Waals surface area contributed by atoms with Crippen LogP contribution in [0.1, 0.15) is 67.2 Å². The first-order valence-electron chi connectivity index (χ1n) is 7.03. The van der Waals surface area contributed by atoms with Gasteiger partial charge in [-0.15, -0.1) is 22.9 Å². The van der Waals surface area contributed by atoms with E-state index in [4.69, 9.17) is 11.6 Å². The van der Waals surface area contributed by atoms with Gasteiger partial charge in [0.05, 0.1) is 12.9 Å². The average molecular weight is 451 g/mol. The van der Waals surface area contributed by atoms with Crippen LogP contribution in [0.5, 0.6) is 0 Å². The predicted molar refractivity (Wildman–Crippen MR) is 102 cm³/mol. The first-order chi connectivity index (χ1) is 9.81. The van der Waals surface area contributed by atoms with Gasteiger partial charge in [0.25, 0.3) is 0 Å². The van der Waals surface area contributed by atoms with Gasteiger partial charge in [-0.3, -0.25) is 0 Å². The van der Waals surface area contributed by atoms with E-state index in [1.54, 1.807) is 11.3 Å². The molecule has 2 aromatic rings. The van der Waals surface area contributed by atoms with Crippen molar-refractivity contribution < 1.29 is 0 Å². The topological polar surface area (TPSA) is 0 Å². The van der Waals surface area contributed by atoms with Crippen LogP contribution in [0.25, 0.3) is 0 Å². The van der Waals surface area contributed by atoms with E-state index in [2.05, 4.69) is 83.8 Å². The zero-order valence-electron chi connectivity index (χ0n) is 12.6. The van der Waals surface area contributed by atoms with Gasteiger partial charge in [-0.2, -0.15) is 0 Å². The Morgan fingerprint density at radius 3 is 2.05 bits per heavy atom. The highest BCUT2D eigenvalue weighted by Gasteiger charge is 2.21. The van der Waals surface area contributed by atoms with E-state index in [0.29, 0.717) is 11.8 Å². The summed E-state index contributed by atoms with van der Waals surface area (Å²) in [5.74, 6) is 0.994. The molecule has 0 radical (unpaired) electrons. The molecule has 21 heavy (non-hydrogen) atoms. The van der Waals surface area contributed by atoms with E-state index in [0.717, 1.165) is 13.1 Å². The molecule has 0 N–H and O–H groups in total. The minimum absolute atomic E-state index is 0.125. The lowest BCUT2D eigenvalue weighted by Gasteiger charge is -2.19. The van der Waals surface area contributed by atoms with Gasteiger partial charge in [0, 0.05) is 5.56 Å². The fourth-order valence-corrected chi connectivity index (χ4v) is 5.85. The monoisotopic (exact) mass is 448 g/mol. The quantitative estimate of drug-likeness (QED) is 0.416. The van der Waals surface area contributed by atoms with Crippen LogP contribution < -0.4 is 0 Å². The van der Waals surface area contributed by atoms with Crippen LogP contribution in [0.15, 0.2) is 31.8 Å². The third-order valence-corrected chi connectivity index (χ3v) is 6.48. The molecule has 0 amide bonds. The fourth-order valence-electron chi connectivity index (χ4n) is 2.38. The van der Waals surface area contributed by atoms with E-state index in [1.165, 1.54) is 16.7 Å². The number of rotatable bonds is 4. The molecule has 1 atom stereocenters. The van der Waals surface area contributed by atoms with Gasteiger partial charge in [-0.1, -0.05) is 45.9 Å². The summed E-state index contributed by atoms with van der Waals surface area (Å²) in [6.07, 6.45) is 0. The van der Waals surface area contributed by atoms with Gasteiger partial charge in [-0.25, -0.2) is 0 Å². The normalized spacial score (nSPS) is 13.2. The summed E-state index contributed by atoms with van der Waals surface area (Å²) in [7, 11) is 0. The predicted octanol–water partition coefficient (Wildman–Crippen LogP) is 7.85. The molecule has 0 nitrogen and oxygen atoms in total. The number of halogens is 3. The summed E-state index contributed by atoms with van der Waals surface area (Å²) in [6, 6.07) is 8.82. The van der Waals surface area contributed by atoms with E-state index in [-0.39, 0.29) is 5.38 Å². The largest absolute Gasteiger partial charge is 0.121 e. The first-order valence-corrected chi connectivity index (χ1v) is 9.87. The standard InChI is InChI=1S/C17H19Br2ClS/c1-9(2)11-5-6-12(13(7-11)10(3)4)16(20)14-8-15(18)21-17(14)19/h5-10,16H,1-4H3. The Bertz CT molecular complexity index is 632. The summed E-state index contributed by atoms with van der Waals surface area (Å²) in [5.41, 5.74) is 5.06. The lowest BCUT2D eigenvalue weighted by Crippen LogP contribution is -2.02. The second-order valence-corrected chi connectivity index (χ2v) is 10.0. The van der Waals surface area contributed by atoms with Crippen molar-refractivity contribution in [3.05, 3.63) is 54.1 Å². The van der Waals surface area contributed by atoms with Crippen LogP contribution in [-0.2, 0) is 0 Å². The highest BCUT2D eigenvalue weighted by molar-refractivity contribution is 9.12. The average Bonchev–Trinajstić information content (AvgIpc) is 2.76. The van der Waals surface area contributed by atoms with Crippen LogP contribution in [0.3, 0.4) is 0 Å². The van der Waals surface area contributed by atoms with Crippen molar-refractivity contribution in [3.63, 3.8) is 0 Å². The van der Waals surface area contributed by atoms with Gasteiger partial charge in [0.15, 0.2) is 0 Å². The van der Waals surface area contributed by atoms with Crippen molar-refractivity contribution in [2.45, 2.75) is 44.9 Å². The molecular formula is C17H19Br2ClS. The lowest BCUT2D eigenvalue weighted by atomic mass is 9.89. The number of thiophene rings is 1. The Balaban J connectivity index is 2.50. The van der Waals surface area contributed by atoms with Crippen molar-refractivity contribution in [2.75, 3.05) is 0 Å². The Morgan fingerprint density at radius 1 is 0.905 bits per heavy atom. The molecule has 0 spiro atoms. The number of hydrogen-bond donors (Lipinski definition) is 0. The maximum absolute atomic E-state index is 6.79. The van der Waals surface area contributed by atoms with Crippen LogP contribution >= 0.6 is 54.8 Å². The number of benzene rings is 1. The van der Waals surface area contributed by atoms with Crippen LogP contribution in [0.2, 0.25) is 0 Å². The van der Waals surface area contributed by atoms with Crippen molar-refractivity contribution in [1.29, 1.82) is 0 Å². The molecule has 0 bridgehead atoms. The Morgan fingerprint density at radius 2 is 1.57 bits per heavy atom. The van der Waals surface area contributed by atoms with E-state index >= 15 is 0 Å². The smallest absolute Gasteiger partial charge is 0.0857 e. The van der Waals surface area contributed by atoms with Gasteiger partial charge < -0.3 is 0 Å². The molecule has 2 rings (SSSR count). The molecule has 1 aromatic heterocycles. The summed E-state index contributed by atoms with van der Waals surface area (Å²) < 4.78 is 2.19. The molecule has 114 valence electrons. The highest BCUT2D eigenvalue weighted by Crippen LogP contribution is 2.43. The van der Waals surface area contributed by atoms with Crippen molar-refractivity contribution >= 4 is 54.8 Å². The van der Waals surface area contributed by atoms with E-state index < -0.39 is 0 Å². The molecule has 0 fully saturated rings. The zero-order valence-corrected chi connectivity index (χ0v) is 17.3.